The second-order valence-electron chi connectivity index (χ2n) is 4.03. The number of fused-ring (bicyclic) bond motifs is 1. The van der Waals surface area contributed by atoms with Gasteiger partial charge in [0.15, 0.2) is 0 Å². The Bertz CT molecular complexity index is 609. The lowest BCUT2D eigenvalue weighted by molar-refractivity contribution is -0.383. The monoisotopic (exact) mass is 283 g/mol. The molecule has 1 aromatic carbocycles. The van der Waals surface area contributed by atoms with Gasteiger partial charge in [0, 0.05) is 6.07 Å². The van der Waals surface area contributed by atoms with E-state index in [1.165, 1.54) is 17.4 Å². The van der Waals surface area contributed by atoms with E-state index in [1.807, 2.05) is 6.92 Å². The summed E-state index contributed by atoms with van der Waals surface area (Å²) in [5.41, 5.74) is 0.809. The van der Waals surface area contributed by atoms with E-state index in [1.54, 1.807) is 6.07 Å². The molecule has 2 rings (SSSR count). The number of aliphatic hydroxyl groups is 2. The molecule has 3 N–H and O–H groups in total. The first-order chi connectivity index (χ1) is 9.05. The molecule has 0 saturated heterocycles. The molecular weight excluding hydrogens is 270 g/mol. The van der Waals surface area contributed by atoms with Gasteiger partial charge in [-0.1, -0.05) is 0 Å². The van der Waals surface area contributed by atoms with Gasteiger partial charge in [-0.05, 0) is 13.0 Å². The molecule has 7 nitrogen and oxygen atoms in total. The smallest absolute Gasteiger partial charge is 0.293 e. The zero-order valence-electron chi connectivity index (χ0n) is 10.2. The van der Waals surface area contributed by atoms with Crippen molar-refractivity contribution in [3.8, 4) is 0 Å². The first-order valence-corrected chi connectivity index (χ1v) is 6.40. The lowest BCUT2D eigenvalue weighted by Crippen LogP contribution is -2.27. The molecule has 0 spiro atoms. The van der Waals surface area contributed by atoms with Gasteiger partial charge in [-0.15, -0.1) is 11.3 Å². The second kappa shape index (κ2) is 5.47. The molecule has 8 heteroatoms. The normalized spacial score (nSPS) is 11.2. The van der Waals surface area contributed by atoms with E-state index in [0.717, 1.165) is 9.71 Å². The van der Waals surface area contributed by atoms with Gasteiger partial charge in [0.25, 0.3) is 5.69 Å². The number of benzene rings is 1. The number of nitrogens with one attached hydrogen (secondary N) is 1. The van der Waals surface area contributed by atoms with Crippen LogP contribution in [0.25, 0.3) is 10.2 Å². The minimum atomic E-state index is -0.643. The Morgan fingerprint density at radius 1 is 1.47 bits per heavy atom. The third kappa shape index (κ3) is 2.80. The summed E-state index contributed by atoms with van der Waals surface area (Å²) in [6, 6.07) is 2.37. The Kier molecular flexibility index (Phi) is 3.93. The molecule has 0 atom stereocenters. The average Bonchev–Trinajstić information content (AvgIpc) is 2.73. The molecule has 19 heavy (non-hydrogen) atoms. The van der Waals surface area contributed by atoms with Gasteiger partial charge in [0.05, 0.1) is 39.4 Å². The molecule has 0 aliphatic carbocycles. The van der Waals surface area contributed by atoms with Crippen LogP contribution >= 0.6 is 11.3 Å². The molecule has 0 aliphatic heterocycles. The predicted octanol–water partition coefficient (Wildman–Crippen LogP) is 1.28. The fraction of sp³-hybridized carbons (Fsp3) is 0.364. The molecular formula is C11H13N3O4S. The van der Waals surface area contributed by atoms with Crippen molar-refractivity contribution < 1.29 is 15.1 Å². The minimum Gasteiger partial charge on any atom is -0.394 e. The highest BCUT2D eigenvalue weighted by molar-refractivity contribution is 7.18. The molecule has 102 valence electrons. The molecule has 0 radical (unpaired) electrons. The van der Waals surface area contributed by atoms with Crippen LogP contribution in [-0.4, -0.2) is 39.4 Å². The Labute approximate surface area is 112 Å². The number of aryl methyl sites for hydroxylation is 1. The predicted molar refractivity (Wildman–Crippen MR) is 72.6 cm³/mol. The number of nitro benzene ring substituents is 1. The van der Waals surface area contributed by atoms with Gasteiger partial charge >= 0.3 is 0 Å². The van der Waals surface area contributed by atoms with Crippen LogP contribution < -0.4 is 5.32 Å². The van der Waals surface area contributed by atoms with Gasteiger partial charge in [-0.2, -0.15) is 0 Å². The average molecular weight is 283 g/mol. The number of nitro groups is 1. The quantitative estimate of drug-likeness (QED) is 0.563. The number of thiazole rings is 1. The van der Waals surface area contributed by atoms with Crippen LogP contribution in [0.15, 0.2) is 12.1 Å². The highest BCUT2D eigenvalue weighted by Crippen LogP contribution is 2.33. The van der Waals surface area contributed by atoms with Gasteiger partial charge in [-0.25, -0.2) is 4.98 Å². The number of hydrogen-bond acceptors (Lipinski definition) is 7. The van der Waals surface area contributed by atoms with Gasteiger partial charge in [0.1, 0.15) is 5.69 Å². The maximum Gasteiger partial charge on any atom is 0.293 e. The van der Waals surface area contributed by atoms with Crippen LogP contribution in [0, 0.1) is 17.0 Å². The molecule has 0 unspecified atom stereocenters. The SMILES string of the molecule is Cc1nc2cc(NC(CO)CO)c([N+](=O)[O-])cc2s1. The zero-order chi connectivity index (χ0) is 14.0. The van der Waals surface area contributed by atoms with Crippen molar-refractivity contribution in [3.05, 3.63) is 27.3 Å². The van der Waals surface area contributed by atoms with E-state index in [0.29, 0.717) is 5.52 Å². The summed E-state index contributed by atoms with van der Waals surface area (Å²) in [5.74, 6) is 0. The summed E-state index contributed by atoms with van der Waals surface area (Å²) in [5, 5.41) is 32.7. The molecule has 0 bridgehead atoms. The van der Waals surface area contributed by atoms with Crippen molar-refractivity contribution in [2.75, 3.05) is 18.5 Å². The van der Waals surface area contributed by atoms with Gasteiger partial charge < -0.3 is 15.5 Å². The fourth-order valence-corrected chi connectivity index (χ4v) is 2.56. The molecule has 0 saturated carbocycles. The van der Waals surface area contributed by atoms with E-state index in [2.05, 4.69) is 10.3 Å². The molecule has 1 heterocycles. The molecule has 0 aliphatic rings. The molecule has 1 aromatic heterocycles. The van der Waals surface area contributed by atoms with Crippen LogP contribution in [-0.2, 0) is 0 Å². The van der Waals surface area contributed by atoms with Gasteiger partial charge in [-0.3, -0.25) is 10.1 Å². The van der Waals surface area contributed by atoms with Crippen molar-refractivity contribution in [3.63, 3.8) is 0 Å². The number of aromatic nitrogens is 1. The minimum absolute atomic E-state index is 0.0944. The van der Waals surface area contributed by atoms with Crippen LogP contribution in [0.2, 0.25) is 0 Å². The fourth-order valence-electron chi connectivity index (χ4n) is 1.71. The summed E-state index contributed by atoms with van der Waals surface area (Å²) in [4.78, 5) is 14.8. The summed E-state index contributed by atoms with van der Waals surface area (Å²) in [6.45, 7) is 1.19. The third-order valence-corrected chi connectivity index (χ3v) is 3.54. The lowest BCUT2D eigenvalue weighted by Gasteiger charge is -2.14. The van der Waals surface area contributed by atoms with E-state index in [9.17, 15) is 10.1 Å². The van der Waals surface area contributed by atoms with Crippen molar-refractivity contribution in [1.29, 1.82) is 0 Å². The maximum atomic E-state index is 11.1. The Hall–Kier alpha value is -1.77. The highest BCUT2D eigenvalue weighted by Gasteiger charge is 2.19. The molecule has 0 fully saturated rings. The summed E-state index contributed by atoms with van der Waals surface area (Å²) in [6.07, 6.45) is 0. The number of anilines is 1. The number of rotatable bonds is 5. The largest absolute Gasteiger partial charge is 0.394 e. The van der Waals surface area contributed by atoms with Gasteiger partial charge in [0.2, 0.25) is 0 Å². The van der Waals surface area contributed by atoms with Crippen LogP contribution in [0.5, 0.6) is 0 Å². The number of nitrogens with zero attached hydrogens (tertiary/aromatic N) is 2. The Morgan fingerprint density at radius 2 is 2.16 bits per heavy atom. The first kappa shape index (κ1) is 13.7. The maximum absolute atomic E-state index is 11.1. The molecule has 0 amide bonds. The summed E-state index contributed by atoms with van der Waals surface area (Å²) in [7, 11) is 0. The highest BCUT2D eigenvalue weighted by atomic mass is 32.1. The lowest BCUT2D eigenvalue weighted by atomic mass is 10.2. The van der Waals surface area contributed by atoms with Crippen molar-refractivity contribution in [1.82, 2.24) is 4.98 Å². The van der Waals surface area contributed by atoms with Crippen molar-refractivity contribution in [2.24, 2.45) is 0 Å². The first-order valence-electron chi connectivity index (χ1n) is 5.59. The summed E-state index contributed by atoms with van der Waals surface area (Å²) >= 11 is 1.38. The third-order valence-electron chi connectivity index (χ3n) is 2.61. The zero-order valence-corrected chi connectivity index (χ0v) is 11.0. The Balaban J connectivity index is 2.49. The standard InChI is InChI=1S/C11H13N3O4S/c1-6-12-9-2-8(13-7(4-15)5-16)10(14(17)18)3-11(9)19-6/h2-3,7,13,15-16H,4-5H2,1H3. The van der Waals surface area contributed by atoms with Crippen molar-refractivity contribution >= 4 is 32.9 Å². The van der Waals surface area contributed by atoms with Crippen LogP contribution in [0.4, 0.5) is 11.4 Å². The van der Waals surface area contributed by atoms with E-state index in [4.69, 9.17) is 10.2 Å². The molecule has 2 aromatic rings. The Morgan fingerprint density at radius 3 is 2.74 bits per heavy atom. The van der Waals surface area contributed by atoms with Crippen LogP contribution in [0.3, 0.4) is 0 Å². The number of hydrogen-bond donors (Lipinski definition) is 3. The van der Waals surface area contributed by atoms with E-state index < -0.39 is 11.0 Å². The van der Waals surface area contributed by atoms with E-state index >= 15 is 0 Å². The summed E-state index contributed by atoms with van der Waals surface area (Å²) < 4.78 is 0.735. The van der Waals surface area contributed by atoms with E-state index in [-0.39, 0.29) is 24.6 Å². The van der Waals surface area contributed by atoms with Crippen molar-refractivity contribution in [2.45, 2.75) is 13.0 Å². The topological polar surface area (TPSA) is 109 Å². The van der Waals surface area contributed by atoms with Crippen LogP contribution in [0.1, 0.15) is 5.01 Å². The number of aliphatic hydroxyl groups excluding tert-OH is 2. The second-order valence-corrected chi connectivity index (χ2v) is 5.27.